The van der Waals surface area contributed by atoms with Gasteiger partial charge in [0.1, 0.15) is 12.2 Å². The van der Waals surface area contributed by atoms with Gasteiger partial charge in [-0.15, -0.1) is 5.10 Å². The Morgan fingerprint density at radius 3 is 2.42 bits per heavy atom. The number of para-hydroxylation sites is 2. The first kappa shape index (κ1) is 27.6. The molecular formula is C29H28N6O5. The van der Waals surface area contributed by atoms with Crippen LogP contribution in [0.25, 0.3) is 6.08 Å². The highest BCUT2D eigenvalue weighted by Crippen LogP contribution is 2.28. The van der Waals surface area contributed by atoms with Crippen molar-refractivity contribution in [1.29, 1.82) is 0 Å². The van der Waals surface area contributed by atoms with E-state index in [1.807, 2.05) is 18.2 Å². The Labute approximate surface area is 230 Å². The van der Waals surface area contributed by atoms with Crippen molar-refractivity contribution < 1.29 is 23.9 Å². The molecule has 3 N–H and O–H groups in total. The number of methoxy groups -OCH3 is 2. The van der Waals surface area contributed by atoms with E-state index in [9.17, 15) is 14.4 Å². The monoisotopic (exact) mass is 540 g/mol. The van der Waals surface area contributed by atoms with Gasteiger partial charge in [-0.1, -0.05) is 41.6 Å². The average Bonchev–Trinajstić information content (AvgIpc) is 3.42. The molecule has 204 valence electrons. The number of rotatable bonds is 11. The minimum absolute atomic E-state index is 0.0263. The predicted octanol–water partition coefficient (Wildman–Crippen LogP) is 3.52. The minimum atomic E-state index is -0.410. The third-order valence-corrected chi connectivity index (χ3v) is 5.64. The van der Waals surface area contributed by atoms with E-state index in [2.05, 4.69) is 26.3 Å². The minimum Gasteiger partial charge on any atom is -0.493 e. The van der Waals surface area contributed by atoms with Gasteiger partial charge < -0.3 is 25.4 Å². The summed E-state index contributed by atoms with van der Waals surface area (Å²) in [5.74, 6) is 0.0575. The van der Waals surface area contributed by atoms with Crippen LogP contribution in [0.1, 0.15) is 21.6 Å². The Kier molecular flexibility index (Phi) is 9.22. The number of nitrogens with zero attached hydrogens (tertiary/aromatic N) is 3. The fourth-order valence-electron chi connectivity index (χ4n) is 3.72. The van der Waals surface area contributed by atoms with Crippen LogP contribution in [0, 0.1) is 0 Å². The number of amides is 3. The van der Waals surface area contributed by atoms with Crippen LogP contribution in [0.2, 0.25) is 0 Å². The van der Waals surface area contributed by atoms with Gasteiger partial charge in [-0.25, -0.2) is 4.68 Å². The zero-order valence-corrected chi connectivity index (χ0v) is 22.0. The molecule has 40 heavy (non-hydrogen) atoms. The molecule has 4 aromatic rings. The molecule has 0 spiro atoms. The van der Waals surface area contributed by atoms with E-state index in [-0.39, 0.29) is 24.6 Å². The summed E-state index contributed by atoms with van der Waals surface area (Å²) < 4.78 is 11.9. The van der Waals surface area contributed by atoms with Crippen LogP contribution in [0.15, 0.2) is 85.1 Å². The summed E-state index contributed by atoms with van der Waals surface area (Å²) in [5.41, 5.74) is 2.53. The van der Waals surface area contributed by atoms with Crippen LogP contribution in [0.5, 0.6) is 11.5 Å². The van der Waals surface area contributed by atoms with Crippen molar-refractivity contribution in [3.8, 4) is 11.5 Å². The van der Waals surface area contributed by atoms with Gasteiger partial charge in [0.15, 0.2) is 11.5 Å². The van der Waals surface area contributed by atoms with Crippen molar-refractivity contribution >= 4 is 35.2 Å². The first-order valence-corrected chi connectivity index (χ1v) is 12.3. The molecule has 1 heterocycles. The van der Waals surface area contributed by atoms with Crippen LogP contribution in [-0.4, -0.2) is 46.9 Å². The lowest BCUT2D eigenvalue weighted by Crippen LogP contribution is -2.24. The Morgan fingerprint density at radius 1 is 0.900 bits per heavy atom. The SMILES string of the molecule is COc1ccc(/C=C/C(=O)Nc2ccccc2C(=O)NCc2cn(CC(=O)Nc3ccccc3)nn2)cc1OC. The van der Waals surface area contributed by atoms with Crippen molar-refractivity contribution in [2.45, 2.75) is 13.1 Å². The first-order chi connectivity index (χ1) is 19.4. The topological polar surface area (TPSA) is 136 Å². The molecule has 4 rings (SSSR count). The van der Waals surface area contributed by atoms with Crippen LogP contribution in [0.4, 0.5) is 11.4 Å². The molecule has 11 heteroatoms. The number of aromatic nitrogens is 3. The molecule has 0 radical (unpaired) electrons. The summed E-state index contributed by atoms with van der Waals surface area (Å²) in [7, 11) is 3.08. The van der Waals surface area contributed by atoms with Gasteiger partial charge in [0.2, 0.25) is 11.8 Å². The van der Waals surface area contributed by atoms with Gasteiger partial charge in [0.05, 0.1) is 38.2 Å². The third-order valence-electron chi connectivity index (χ3n) is 5.64. The average molecular weight is 541 g/mol. The van der Waals surface area contributed by atoms with E-state index < -0.39 is 11.8 Å². The lowest BCUT2D eigenvalue weighted by Gasteiger charge is -2.10. The van der Waals surface area contributed by atoms with E-state index in [4.69, 9.17) is 9.47 Å². The van der Waals surface area contributed by atoms with Crippen LogP contribution < -0.4 is 25.4 Å². The molecule has 0 bridgehead atoms. The van der Waals surface area contributed by atoms with Crippen LogP contribution in [0.3, 0.4) is 0 Å². The first-order valence-electron chi connectivity index (χ1n) is 12.3. The highest BCUT2D eigenvalue weighted by molar-refractivity contribution is 6.07. The summed E-state index contributed by atoms with van der Waals surface area (Å²) in [5, 5.41) is 16.2. The molecule has 0 aliphatic carbocycles. The Hall–Kier alpha value is -5.45. The summed E-state index contributed by atoms with van der Waals surface area (Å²) in [6, 6.07) is 21.0. The van der Waals surface area contributed by atoms with Crippen molar-refractivity contribution in [2.75, 3.05) is 24.9 Å². The van der Waals surface area contributed by atoms with Crippen molar-refractivity contribution in [3.63, 3.8) is 0 Å². The van der Waals surface area contributed by atoms with Gasteiger partial charge in [-0.3, -0.25) is 14.4 Å². The quantitative estimate of drug-likeness (QED) is 0.248. The van der Waals surface area contributed by atoms with E-state index >= 15 is 0 Å². The fourth-order valence-corrected chi connectivity index (χ4v) is 3.72. The molecule has 0 aliphatic heterocycles. The van der Waals surface area contributed by atoms with Gasteiger partial charge in [-0.2, -0.15) is 0 Å². The molecule has 11 nitrogen and oxygen atoms in total. The summed E-state index contributed by atoms with van der Waals surface area (Å²) in [4.78, 5) is 37.7. The zero-order valence-electron chi connectivity index (χ0n) is 22.0. The number of ether oxygens (including phenoxy) is 2. The molecule has 0 unspecified atom stereocenters. The second-order valence-electron chi connectivity index (χ2n) is 8.49. The standard InChI is InChI=1S/C29H28N6O5/c1-39-25-14-12-20(16-26(25)40-2)13-15-27(36)32-24-11-7-6-10-23(24)29(38)30-17-22-18-35(34-33-22)19-28(37)31-21-8-4-3-5-9-21/h3-16,18H,17,19H2,1-2H3,(H,30,38)(H,31,37)(H,32,36)/b15-13+. The lowest BCUT2D eigenvalue weighted by molar-refractivity contribution is -0.117. The molecule has 1 aromatic heterocycles. The second kappa shape index (κ2) is 13.4. The van der Waals surface area contributed by atoms with Crippen molar-refractivity contribution in [2.24, 2.45) is 0 Å². The van der Waals surface area contributed by atoms with E-state index in [0.29, 0.717) is 28.6 Å². The predicted molar refractivity (Wildman–Crippen MR) is 150 cm³/mol. The van der Waals surface area contributed by atoms with Gasteiger partial charge in [-0.05, 0) is 48.0 Å². The number of carbonyl (C=O) groups excluding carboxylic acids is 3. The molecular weight excluding hydrogens is 512 g/mol. The number of anilines is 2. The van der Waals surface area contributed by atoms with Crippen molar-refractivity contribution in [3.05, 3.63) is 102 Å². The maximum atomic E-state index is 12.9. The summed E-state index contributed by atoms with van der Waals surface area (Å²) >= 11 is 0. The highest BCUT2D eigenvalue weighted by Gasteiger charge is 2.14. The second-order valence-corrected chi connectivity index (χ2v) is 8.49. The van der Waals surface area contributed by atoms with E-state index in [1.165, 1.54) is 17.9 Å². The number of benzene rings is 3. The third kappa shape index (κ3) is 7.54. The number of hydrogen-bond donors (Lipinski definition) is 3. The fraction of sp³-hybridized carbons (Fsp3) is 0.138. The van der Waals surface area contributed by atoms with E-state index in [0.717, 1.165) is 5.56 Å². The smallest absolute Gasteiger partial charge is 0.253 e. The number of carbonyl (C=O) groups is 3. The molecule has 0 fully saturated rings. The Bertz CT molecular complexity index is 1520. The van der Waals surface area contributed by atoms with Crippen LogP contribution in [-0.2, 0) is 22.7 Å². The van der Waals surface area contributed by atoms with E-state index in [1.54, 1.807) is 74.0 Å². The molecule has 3 amide bonds. The summed E-state index contributed by atoms with van der Waals surface area (Å²) in [6.07, 6.45) is 4.57. The highest BCUT2D eigenvalue weighted by atomic mass is 16.5. The number of hydrogen-bond acceptors (Lipinski definition) is 7. The zero-order chi connectivity index (χ0) is 28.3. The molecule has 0 saturated heterocycles. The lowest BCUT2D eigenvalue weighted by atomic mass is 10.1. The maximum Gasteiger partial charge on any atom is 0.253 e. The molecule has 3 aromatic carbocycles. The molecule has 0 aliphatic rings. The molecule has 0 atom stereocenters. The van der Waals surface area contributed by atoms with Gasteiger partial charge in [0.25, 0.3) is 5.91 Å². The van der Waals surface area contributed by atoms with Crippen LogP contribution >= 0.6 is 0 Å². The Balaban J connectivity index is 1.32. The number of nitrogens with one attached hydrogen (secondary N) is 3. The summed E-state index contributed by atoms with van der Waals surface area (Å²) in [6.45, 7) is 0.0577. The molecule has 0 saturated carbocycles. The van der Waals surface area contributed by atoms with Crippen molar-refractivity contribution in [1.82, 2.24) is 20.3 Å². The van der Waals surface area contributed by atoms with Gasteiger partial charge >= 0.3 is 0 Å². The largest absolute Gasteiger partial charge is 0.493 e. The van der Waals surface area contributed by atoms with Gasteiger partial charge in [0, 0.05) is 11.8 Å². The Morgan fingerprint density at radius 2 is 1.65 bits per heavy atom. The normalized spacial score (nSPS) is 10.7. The maximum absolute atomic E-state index is 12.9.